The summed E-state index contributed by atoms with van der Waals surface area (Å²) in [5, 5.41) is 11.3. The number of hydrogen-bond donors (Lipinski definition) is 1. The Kier molecular flexibility index (Phi) is 8.54. The van der Waals surface area contributed by atoms with Gasteiger partial charge in [0.05, 0.1) is 18.2 Å². The van der Waals surface area contributed by atoms with Crippen molar-refractivity contribution in [2.45, 2.75) is 104 Å². The molecule has 3 aromatic rings. The lowest BCUT2D eigenvalue weighted by molar-refractivity contribution is -0.233. The quantitative estimate of drug-likeness (QED) is 0.249. The molecule has 7 rings (SSSR count). The Morgan fingerprint density at radius 2 is 1.53 bits per heavy atom. The van der Waals surface area contributed by atoms with Crippen LogP contribution < -0.4 is 18.3 Å². The smallest absolute Gasteiger partial charge is 0.486 e. The fraction of sp³-hybridized carbons (Fsp3) is 0.500. The number of phosphoric acid groups is 1. The van der Waals surface area contributed by atoms with E-state index in [1.54, 1.807) is 75.4 Å². The monoisotopic (exact) mass is 717 g/mol. The standard InChI is InChI=1S/C40H48NO9P/c1-25-18-19-32-38(5,6)33(42)20-21-40(32)39(25,7)23-29-31(22-28-30(34(29)46-40)24-41(35(28)43)36(44)47-37(2,3)4)50-51(45,48-26-14-10-8-11-15-26)49-27-16-12-9-13-17-27/h8-17,22,25,32-33,42H,18-21,23-24H2,1-7H3/t25-,32-,33-,39+,40-/m0/s1. The van der Waals surface area contributed by atoms with Gasteiger partial charge in [-0.25, -0.2) is 9.69 Å². The van der Waals surface area contributed by atoms with Gasteiger partial charge in [-0.3, -0.25) is 4.79 Å². The van der Waals surface area contributed by atoms with E-state index in [1.165, 1.54) is 0 Å². The van der Waals surface area contributed by atoms with Gasteiger partial charge in [0, 0.05) is 22.5 Å². The Morgan fingerprint density at radius 1 is 0.922 bits per heavy atom. The van der Waals surface area contributed by atoms with Gasteiger partial charge in [0.25, 0.3) is 5.91 Å². The van der Waals surface area contributed by atoms with Gasteiger partial charge in [0.15, 0.2) is 0 Å². The molecule has 11 heteroatoms. The zero-order valence-electron chi connectivity index (χ0n) is 30.4. The summed E-state index contributed by atoms with van der Waals surface area (Å²) in [6.07, 6.45) is 2.23. The van der Waals surface area contributed by atoms with Crippen LogP contribution in [0, 0.1) is 22.7 Å². The van der Waals surface area contributed by atoms with Crippen molar-refractivity contribution >= 4 is 19.8 Å². The van der Waals surface area contributed by atoms with E-state index in [9.17, 15) is 19.3 Å². The van der Waals surface area contributed by atoms with Crippen molar-refractivity contribution in [1.82, 2.24) is 4.90 Å². The minimum absolute atomic E-state index is 0.0105. The lowest BCUT2D eigenvalue weighted by atomic mass is 9.43. The lowest BCUT2D eigenvalue weighted by Gasteiger charge is -2.67. The molecule has 2 fully saturated rings. The molecule has 2 aliphatic heterocycles. The molecule has 2 aliphatic carbocycles. The first kappa shape index (κ1) is 35.4. The molecule has 272 valence electrons. The maximum Gasteiger partial charge on any atom is 0.647 e. The number of amides is 2. The maximum atomic E-state index is 14.8. The summed E-state index contributed by atoms with van der Waals surface area (Å²) < 4.78 is 46.3. The van der Waals surface area contributed by atoms with Crippen molar-refractivity contribution in [3.8, 4) is 23.0 Å². The van der Waals surface area contributed by atoms with Gasteiger partial charge in [-0.15, -0.1) is 0 Å². The second kappa shape index (κ2) is 12.3. The lowest BCUT2D eigenvalue weighted by Crippen LogP contribution is -2.70. The number of aliphatic hydroxyl groups excluding tert-OH is 1. The molecule has 0 bridgehead atoms. The molecule has 51 heavy (non-hydrogen) atoms. The van der Waals surface area contributed by atoms with Crippen LogP contribution in [0.5, 0.6) is 23.0 Å². The summed E-state index contributed by atoms with van der Waals surface area (Å²) in [6, 6.07) is 18.8. The Morgan fingerprint density at radius 3 is 2.12 bits per heavy atom. The molecule has 2 amide bonds. The van der Waals surface area contributed by atoms with E-state index in [0.29, 0.717) is 36.1 Å². The van der Waals surface area contributed by atoms with Gasteiger partial charge in [0.1, 0.15) is 34.2 Å². The van der Waals surface area contributed by atoms with Crippen molar-refractivity contribution in [3.05, 3.63) is 83.4 Å². The van der Waals surface area contributed by atoms with E-state index in [4.69, 9.17) is 23.0 Å². The number of benzene rings is 3. The summed E-state index contributed by atoms with van der Waals surface area (Å²) in [5.74, 6) is 0.770. The van der Waals surface area contributed by atoms with E-state index < -0.39 is 48.0 Å². The van der Waals surface area contributed by atoms with Gasteiger partial charge in [-0.1, -0.05) is 64.1 Å². The van der Waals surface area contributed by atoms with Gasteiger partial charge < -0.3 is 28.2 Å². The highest BCUT2D eigenvalue weighted by atomic mass is 31.2. The van der Waals surface area contributed by atoms with Crippen molar-refractivity contribution in [2.75, 3.05) is 0 Å². The normalized spacial score (nSPS) is 28.0. The second-order valence-electron chi connectivity index (χ2n) is 16.4. The zero-order chi connectivity index (χ0) is 36.6. The minimum Gasteiger partial charge on any atom is -0.486 e. The number of carbonyl (C=O) groups excluding carboxylic acids is 2. The molecular weight excluding hydrogens is 669 g/mol. The molecule has 0 unspecified atom stereocenters. The molecule has 10 nitrogen and oxygen atoms in total. The fourth-order valence-corrected chi connectivity index (χ4v) is 10.2. The molecule has 0 aromatic heterocycles. The van der Waals surface area contributed by atoms with Crippen molar-refractivity contribution in [3.63, 3.8) is 0 Å². The van der Waals surface area contributed by atoms with Crippen LogP contribution in [0.25, 0.3) is 0 Å². The highest BCUT2D eigenvalue weighted by Crippen LogP contribution is 2.67. The van der Waals surface area contributed by atoms with Crippen LogP contribution in [0.2, 0.25) is 0 Å². The summed E-state index contributed by atoms with van der Waals surface area (Å²) in [6.45, 7) is 13.9. The van der Waals surface area contributed by atoms with Crippen LogP contribution in [0.1, 0.15) is 95.6 Å². The first-order valence-electron chi connectivity index (χ1n) is 17.9. The molecule has 4 aliphatic rings. The third kappa shape index (κ3) is 5.98. The van der Waals surface area contributed by atoms with E-state index in [0.717, 1.165) is 17.7 Å². The zero-order valence-corrected chi connectivity index (χ0v) is 31.3. The number of aliphatic hydroxyl groups is 1. The van der Waals surface area contributed by atoms with Crippen LogP contribution in [0.15, 0.2) is 66.7 Å². The van der Waals surface area contributed by atoms with Crippen molar-refractivity contribution in [2.24, 2.45) is 22.7 Å². The van der Waals surface area contributed by atoms with E-state index in [2.05, 4.69) is 27.7 Å². The van der Waals surface area contributed by atoms with Gasteiger partial charge in [-0.2, -0.15) is 4.57 Å². The van der Waals surface area contributed by atoms with Crippen LogP contribution in [-0.4, -0.2) is 39.3 Å². The average Bonchev–Trinajstić information content (AvgIpc) is 3.39. The number of para-hydroxylation sites is 2. The number of imide groups is 1. The second-order valence-corrected chi connectivity index (χ2v) is 17.9. The van der Waals surface area contributed by atoms with Crippen LogP contribution in [0.3, 0.4) is 0 Å². The largest absolute Gasteiger partial charge is 0.647 e. The molecule has 3 aromatic carbocycles. The SMILES string of the molecule is C[C@H]1CC[C@H]2C(C)(C)[C@@H](O)CC[C@]23Oc2c(c(OP(=O)(Oc4ccccc4)Oc4ccccc4)cc4c2CN(C(=O)OC(C)(C)C)C4=O)C[C@]13C. The van der Waals surface area contributed by atoms with Crippen molar-refractivity contribution in [1.29, 1.82) is 0 Å². The highest BCUT2D eigenvalue weighted by molar-refractivity contribution is 7.49. The summed E-state index contributed by atoms with van der Waals surface area (Å²) in [5.41, 5.74) is -0.997. The Balaban J connectivity index is 1.39. The molecule has 1 N–H and O–H groups in total. The van der Waals surface area contributed by atoms with Crippen LogP contribution >= 0.6 is 7.82 Å². The van der Waals surface area contributed by atoms with Gasteiger partial charge in [0.2, 0.25) is 0 Å². The maximum absolute atomic E-state index is 14.8. The number of fused-ring (bicyclic) bond motifs is 3. The molecule has 2 heterocycles. The first-order chi connectivity index (χ1) is 24.0. The number of nitrogens with zero attached hydrogens (tertiary/aromatic N) is 1. The van der Waals surface area contributed by atoms with Crippen molar-refractivity contribution < 1.29 is 42.3 Å². The summed E-state index contributed by atoms with van der Waals surface area (Å²) >= 11 is 0. The number of ether oxygens (including phenoxy) is 2. The molecule has 1 spiro atoms. The van der Waals surface area contributed by atoms with Crippen LogP contribution in [0.4, 0.5) is 4.79 Å². The first-order valence-corrected chi connectivity index (χ1v) is 19.3. The van der Waals surface area contributed by atoms with E-state index in [1.807, 2.05) is 12.1 Å². The van der Waals surface area contributed by atoms with E-state index >= 15 is 0 Å². The molecule has 0 saturated heterocycles. The number of phosphoric ester groups is 1. The number of hydrogen-bond acceptors (Lipinski definition) is 9. The minimum atomic E-state index is -4.48. The van der Waals surface area contributed by atoms with Gasteiger partial charge >= 0.3 is 13.9 Å². The molecule has 2 saturated carbocycles. The Labute approximate surface area is 300 Å². The molecule has 0 radical (unpaired) electrons. The fourth-order valence-electron chi connectivity index (χ4n) is 8.96. The third-order valence-electron chi connectivity index (χ3n) is 11.9. The molecular formula is C40H48NO9P. The van der Waals surface area contributed by atoms with Crippen LogP contribution in [-0.2, 0) is 22.3 Å². The Bertz CT molecular complexity index is 1850. The predicted molar refractivity (Wildman–Crippen MR) is 191 cm³/mol. The molecule has 5 atom stereocenters. The number of carbonyl (C=O) groups is 2. The third-order valence-corrected chi connectivity index (χ3v) is 13.2. The number of rotatable bonds is 6. The summed E-state index contributed by atoms with van der Waals surface area (Å²) in [7, 11) is -4.48. The highest BCUT2D eigenvalue weighted by Gasteiger charge is 2.68. The van der Waals surface area contributed by atoms with E-state index in [-0.39, 0.29) is 41.2 Å². The van der Waals surface area contributed by atoms with Gasteiger partial charge in [-0.05, 0) is 94.5 Å². The Hall–Kier alpha value is -4.01. The predicted octanol–water partition coefficient (Wildman–Crippen LogP) is 9.13. The summed E-state index contributed by atoms with van der Waals surface area (Å²) in [4.78, 5) is 28.6. The topological polar surface area (TPSA) is 121 Å². The average molecular weight is 718 g/mol.